The van der Waals surface area contributed by atoms with Crippen LogP contribution in [0.5, 0.6) is 0 Å². The van der Waals surface area contributed by atoms with Gasteiger partial charge < -0.3 is 10.4 Å². The number of carbonyl (C=O) groups is 1. The molecule has 0 aromatic heterocycles. The Kier molecular flexibility index (Phi) is 4.57. The third-order valence-electron chi connectivity index (χ3n) is 1.92. The van der Waals surface area contributed by atoms with Gasteiger partial charge in [0.05, 0.1) is 6.61 Å². The van der Waals surface area contributed by atoms with Crippen LogP contribution in [0.15, 0.2) is 42.1 Å². The molecule has 80 valence electrons. The highest BCUT2D eigenvalue weighted by molar-refractivity contribution is 6.04. The molecular formula is C12H15NO2. The van der Waals surface area contributed by atoms with Gasteiger partial charge in [-0.25, -0.2) is 0 Å². The van der Waals surface area contributed by atoms with E-state index in [-0.39, 0.29) is 12.4 Å². The van der Waals surface area contributed by atoms with Crippen LogP contribution in [-0.2, 0) is 0 Å². The van der Waals surface area contributed by atoms with Crippen LogP contribution < -0.4 is 5.32 Å². The van der Waals surface area contributed by atoms with Gasteiger partial charge in [-0.3, -0.25) is 4.79 Å². The molecule has 1 aromatic carbocycles. The van der Waals surface area contributed by atoms with Gasteiger partial charge in [-0.15, -0.1) is 0 Å². The molecule has 0 radical (unpaired) electrons. The van der Waals surface area contributed by atoms with Crippen LogP contribution in [0.2, 0.25) is 0 Å². The van der Waals surface area contributed by atoms with Crippen molar-refractivity contribution in [3.05, 3.63) is 47.7 Å². The zero-order valence-electron chi connectivity index (χ0n) is 8.73. The topological polar surface area (TPSA) is 49.3 Å². The van der Waals surface area contributed by atoms with Crippen molar-refractivity contribution in [3.8, 4) is 0 Å². The Morgan fingerprint density at radius 1 is 1.40 bits per heavy atom. The quantitative estimate of drug-likeness (QED) is 0.563. The van der Waals surface area contributed by atoms with Crippen molar-refractivity contribution >= 4 is 5.78 Å². The van der Waals surface area contributed by atoms with Crippen molar-refractivity contribution in [3.63, 3.8) is 0 Å². The van der Waals surface area contributed by atoms with Crippen molar-refractivity contribution in [2.75, 3.05) is 13.2 Å². The highest BCUT2D eigenvalue weighted by Crippen LogP contribution is 2.02. The number of allylic oxidation sites excluding steroid dienone is 2. The summed E-state index contributed by atoms with van der Waals surface area (Å²) in [4.78, 5) is 11.6. The number of benzene rings is 1. The Balaban J connectivity index is 2.62. The van der Waals surface area contributed by atoms with E-state index in [0.29, 0.717) is 12.1 Å². The summed E-state index contributed by atoms with van der Waals surface area (Å²) in [5.74, 6) is -0.0291. The number of hydrogen-bond donors (Lipinski definition) is 2. The van der Waals surface area contributed by atoms with E-state index in [2.05, 4.69) is 5.32 Å². The van der Waals surface area contributed by atoms with Crippen LogP contribution >= 0.6 is 0 Å². The molecule has 1 aromatic rings. The maximum absolute atomic E-state index is 11.6. The van der Waals surface area contributed by atoms with Crippen LogP contribution in [0.1, 0.15) is 17.3 Å². The molecule has 0 spiro atoms. The zero-order chi connectivity index (χ0) is 11.1. The molecule has 0 amide bonds. The van der Waals surface area contributed by atoms with Gasteiger partial charge in [-0.1, -0.05) is 30.3 Å². The maximum Gasteiger partial charge on any atom is 0.187 e. The summed E-state index contributed by atoms with van der Waals surface area (Å²) >= 11 is 0. The molecule has 0 heterocycles. The highest BCUT2D eigenvalue weighted by atomic mass is 16.3. The Hall–Kier alpha value is -1.61. The monoisotopic (exact) mass is 205 g/mol. The fourth-order valence-corrected chi connectivity index (χ4v) is 1.19. The van der Waals surface area contributed by atoms with Gasteiger partial charge >= 0.3 is 0 Å². The normalized spacial score (nSPS) is 11.2. The predicted molar refractivity (Wildman–Crippen MR) is 59.6 cm³/mol. The fraction of sp³-hybridized carbons (Fsp3) is 0.250. The van der Waals surface area contributed by atoms with Crippen molar-refractivity contribution in [1.29, 1.82) is 0 Å². The summed E-state index contributed by atoms with van der Waals surface area (Å²) in [5.41, 5.74) is 1.43. The van der Waals surface area contributed by atoms with E-state index in [4.69, 9.17) is 5.11 Å². The summed E-state index contributed by atoms with van der Waals surface area (Å²) in [6.07, 6.45) is 1.53. The minimum Gasteiger partial charge on any atom is -0.395 e. The molecule has 0 saturated carbocycles. The average molecular weight is 205 g/mol. The van der Waals surface area contributed by atoms with Gasteiger partial charge in [-0.05, 0) is 6.92 Å². The van der Waals surface area contributed by atoms with Gasteiger partial charge in [0.25, 0.3) is 0 Å². The standard InChI is InChI=1S/C12H15NO2/c1-10(13-7-8-14)9-12(15)11-5-3-2-4-6-11/h2-6,9,13-14H,7-8H2,1H3. The lowest BCUT2D eigenvalue weighted by Crippen LogP contribution is -2.16. The lowest BCUT2D eigenvalue weighted by atomic mass is 10.1. The number of nitrogens with one attached hydrogen (secondary N) is 1. The SMILES string of the molecule is CC(=CC(=O)c1ccccc1)NCCO. The first-order valence-electron chi connectivity index (χ1n) is 4.86. The fourth-order valence-electron chi connectivity index (χ4n) is 1.19. The minimum atomic E-state index is -0.0291. The molecule has 0 bridgehead atoms. The summed E-state index contributed by atoms with van der Waals surface area (Å²) in [6.45, 7) is 2.33. The second-order valence-corrected chi connectivity index (χ2v) is 3.21. The van der Waals surface area contributed by atoms with Crippen LogP contribution in [0.3, 0.4) is 0 Å². The molecule has 1 rings (SSSR count). The lowest BCUT2D eigenvalue weighted by molar-refractivity contribution is 0.104. The van der Waals surface area contributed by atoms with Gasteiger partial charge in [-0.2, -0.15) is 0 Å². The third-order valence-corrected chi connectivity index (χ3v) is 1.92. The molecule has 0 unspecified atom stereocenters. The number of ketones is 1. The first kappa shape index (κ1) is 11.5. The van der Waals surface area contributed by atoms with Crippen LogP contribution in [0, 0.1) is 0 Å². The molecular weight excluding hydrogens is 190 g/mol. The largest absolute Gasteiger partial charge is 0.395 e. The first-order valence-corrected chi connectivity index (χ1v) is 4.86. The minimum absolute atomic E-state index is 0.0291. The van der Waals surface area contributed by atoms with E-state index in [1.807, 2.05) is 18.2 Å². The van der Waals surface area contributed by atoms with Crippen molar-refractivity contribution < 1.29 is 9.90 Å². The van der Waals surface area contributed by atoms with Crippen molar-refractivity contribution in [1.82, 2.24) is 5.32 Å². The highest BCUT2D eigenvalue weighted by Gasteiger charge is 2.00. The van der Waals surface area contributed by atoms with E-state index in [0.717, 1.165) is 5.70 Å². The average Bonchev–Trinajstić information content (AvgIpc) is 2.27. The van der Waals surface area contributed by atoms with Gasteiger partial charge in [0.15, 0.2) is 5.78 Å². The smallest absolute Gasteiger partial charge is 0.187 e. The van der Waals surface area contributed by atoms with E-state index in [1.54, 1.807) is 19.1 Å². The Labute approximate surface area is 89.4 Å². The number of hydrogen-bond acceptors (Lipinski definition) is 3. The van der Waals surface area contributed by atoms with Gasteiger partial charge in [0, 0.05) is 23.9 Å². The van der Waals surface area contributed by atoms with Crippen LogP contribution in [0.4, 0.5) is 0 Å². The molecule has 2 N–H and O–H groups in total. The summed E-state index contributed by atoms with van der Waals surface area (Å²) in [5, 5.41) is 11.5. The van der Waals surface area contributed by atoms with Crippen LogP contribution in [0.25, 0.3) is 0 Å². The van der Waals surface area contributed by atoms with Gasteiger partial charge in [0.1, 0.15) is 0 Å². The number of carbonyl (C=O) groups excluding carboxylic acids is 1. The number of rotatable bonds is 5. The zero-order valence-corrected chi connectivity index (χ0v) is 8.73. The summed E-state index contributed by atoms with van der Waals surface area (Å²) < 4.78 is 0. The number of aliphatic hydroxyl groups is 1. The Morgan fingerprint density at radius 3 is 2.67 bits per heavy atom. The van der Waals surface area contributed by atoms with E-state index in [1.165, 1.54) is 6.08 Å². The Morgan fingerprint density at radius 2 is 2.07 bits per heavy atom. The molecule has 0 fully saturated rings. The predicted octanol–water partition coefficient (Wildman–Crippen LogP) is 1.35. The van der Waals surface area contributed by atoms with Crippen molar-refractivity contribution in [2.45, 2.75) is 6.92 Å². The first-order chi connectivity index (χ1) is 7.24. The molecule has 15 heavy (non-hydrogen) atoms. The molecule has 3 heteroatoms. The second kappa shape index (κ2) is 5.98. The maximum atomic E-state index is 11.6. The van der Waals surface area contributed by atoms with E-state index >= 15 is 0 Å². The molecule has 3 nitrogen and oxygen atoms in total. The molecule has 0 saturated heterocycles. The lowest BCUT2D eigenvalue weighted by Gasteiger charge is -2.03. The van der Waals surface area contributed by atoms with Gasteiger partial charge in [0.2, 0.25) is 0 Å². The molecule has 0 aliphatic rings. The number of aliphatic hydroxyl groups excluding tert-OH is 1. The summed E-state index contributed by atoms with van der Waals surface area (Å²) in [7, 11) is 0. The second-order valence-electron chi connectivity index (χ2n) is 3.21. The Bertz CT molecular complexity index is 344. The van der Waals surface area contributed by atoms with Crippen molar-refractivity contribution in [2.24, 2.45) is 0 Å². The molecule has 0 aliphatic heterocycles. The van der Waals surface area contributed by atoms with E-state index in [9.17, 15) is 4.79 Å². The third kappa shape index (κ3) is 3.95. The molecule has 0 aliphatic carbocycles. The van der Waals surface area contributed by atoms with E-state index < -0.39 is 0 Å². The van der Waals surface area contributed by atoms with Crippen LogP contribution in [-0.4, -0.2) is 24.0 Å². The summed E-state index contributed by atoms with van der Waals surface area (Å²) in [6, 6.07) is 9.09. The molecule has 0 atom stereocenters.